The van der Waals surface area contributed by atoms with Crippen molar-refractivity contribution >= 4 is 40.7 Å². The average Bonchev–Trinajstić information content (AvgIpc) is 2.30. The third-order valence-corrected chi connectivity index (χ3v) is 2.53. The Bertz CT molecular complexity index is 461. The van der Waals surface area contributed by atoms with Crippen LogP contribution >= 0.6 is 23.2 Å². The van der Waals surface area contributed by atoms with Crippen molar-refractivity contribution in [2.75, 3.05) is 11.9 Å². The molecule has 1 aromatic rings. The Morgan fingerprint density at radius 3 is 2.53 bits per heavy atom. The van der Waals surface area contributed by atoms with Gasteiger partial charge >= 0.3 is 11.8 Å². The predicted octanol–water partition coefficient (Wildman–Crippen LogP) is 2.23. The van der Waals surface area contributed by atoms with Crippen LogP contribution < -0.4 is 10.6 Å². The van der Waals surface area contributed by atoms with Crippen molar-refractivity contribution in [2.24, 2.45) is 0 Å². The van der Waals surface area contributed by atoms with Crippen LogP contribution in [0.1, 0.15) is 0 Å². The summed E-state index contributed by atoms with van der Waals surface area (Å²) in [5.74, 6) is -1.51. The highest BCUT2D eigenvalue weighted by Gasteiger charge is 2.12. The lowest BCUT2D eigenvalue weighted by molar-refractivity contribution is -0.136. The van der Waals surface area contributed by atoms with Gasteiger partial charge in [0.15, 0.2) is 0 Å². The summed E-state index contributed by atoms with van der Waals surface area (Å²) < 4.78 is 0. The largest absolute Gasteiger partial charge is 0.344 e. The molecule has 17 heavy (non-hydrogen) atoms. The molecule has 0 saturated heterocycles. The lowest BCUT2D eigenvalue weighted by Crippen LogP contribution is -2.35. The van der Waals surface area contributed by atoms with Crippen LogP contribution in [-0.2, 0) is 9.59 Å². The highest BCUT2D eigenvalue weighted by Crippen LogP contribution is 2.24. The number of rotatable bonds is 3. The van der Waals surface area contributed by atoms with Crippen LogP contribution in [0.25, 0.3) is 0 Å². The molecule has 0 atom stereocenters. The van der Waals surface area contributed by atoms with Gasteiger partial charge in [-0.25, -0.2) is 0 Å². The Morgan fingerprint density at radius 2 is 1.94 bits per heavy atom. The Morgan fingerprint density at radius 1 is 1.24 bits per heavy atom. The first-order chi connectivity index (χ1) is 8.04. The molecule has 0 radical (unpaired) electrons. The summed E-state index contributed by atoms with van der Waals surface area (Å²) in [5.41, 5.74) is 0.401. The van der Waals surface area contributed by atoms with E-state index in [4.69, 9.17) is 23.2 Å². The van der Waals surface area contributed by atoms with E-state index in [0.29, 0.717) is 15.7 Å². The summed E-state index contributed by atoms with van der Waals surface area (Å²) in [6, 6.07) is 4.54. The van der Waals surface area contributed by atoms with Crippen LogP contribution in [0.15, 0.2) is 30.9 Å². The fraction of sp³-hybridized carbons (Fsp3) is 0.0909. The van der Waals surface area contributed by atoms with Gasteiger partial charge in [-0.05, 0) is 18.2 Å². The van der Waals surface area contributed by atoms with E-state index in [0.717, 1.165) is 0 Å². The fourth-order valence-corrected chi connectivity index (χ4v) is 1.30. The van der Waals surface area contributed by atoms with Crippen molar-refractivity contribution in [1.82, 2.24) is 5.32 Å². The predicted molar refractivity (Wildman–Crippen MR) is 68.3 cm³/mol. The first-order valence-corrected chi connectivity index (χ1v) is 5.45. The van der Waals surface area contributed by atoms with Crippen molar-refractivity contribution in [3.05, 3.63) is 40.9 Å². The molecule has 1 rings (SSSR count). The molecule has 0 spiro atoms. The van der Waals surface area contributed by atoms with E-state index in [1.807, 2.05) is 0 Å². The maximum Gasteiger partial charge on any atom is 0.313 e. The molecule has 0 fully saturated rings. The number of benzene rings is 1. The number of carbonyl (C=O) groups is 2. The average molecular weight is 273 g/mol. The number of hydrogen-bond acceptors (Lipinski definition) is 2. The second-order valence-electron chi connectivity index (χ2n) is 3.08. The van der Waals surface area contributed by atoms with Gasteiger partial charge in [0.1, 0.15) is 0 Å². The topological polar surface area (TPSA) is 58.2 Å². The Hall–Kier alpha value is -1.52. The molecular formula is C11H10Cl2N2O2. The molecule has 2 amide bonds. The van der Waals surface area contributed by atoms with Crippen LogP contribution in [0.2, 0.25) is 10.0 Å². The Labute approximate surface area is 109 Å². The summed E-state index contributed by atoms with van der Waals surface area (Å²) in [4.78, 5) is 22.6. The minimum atomic E-state index is -0.773. The van der Waals surface area contributed by atoms with Gasteiger partial charge in [0.25, 0.3) is 0 Å². The molecular weight excluding hydrogens is 263 g/mol. The van der Waals surface area contributed by atoms with E-state index in [-0.39, 0.29) is 6.54 Å². The molecule has 0 heterocycles. The molecule has 90 valence electrons. The van der Waals surface area contributed by atoms with Gasteiger partial charge in [-0.15, -0.1) is 6.58 Å². The van der Waals surface area contributed by atoms with E-state index in [1.165, 1.54) is 18.2 Å². The third kappa shape index (κ3) is 4.09. The summed E-state index contributed by atoms with van der Waals surface area (Å²) >= 11 is 11.5. The highest BCUT2D eigenvalue weighted by molar-refractivity contribution is 6.42. The van der Waals surface area contributed by atoms with E-state index in [9.17, 15) is 9.59 Å². The van der Waals surface area contributed by atoms with E-state index in [2.05, 4.69) is 17.2 Å². The minimum Gasteiger partial charge on any atom is -0.344 e. The van der Waals surface area contributed by atoms with E-state index >= 15 is 0 Å². The normalized spacial score (nSPS) is 9.53. The van der Waals surface area contributed by atoms with Gasteiger partial charge < -0.3 is 10.6 Å². The number of halogens is 2. The monoisotopic (exact) mass is 272 g/mol. The first-order valence-electron chi connectivity index (χ1n) is 4.69. The molecule has 6 heteroatoms. The van der Waals surface area contributed by atoms with Gasteiger partial charge in [-0.1, -0.05) is 29.3 Å². The molecule has 0 bridgehead atoms. The highest BCUT2D eigenvalue weighted by atomic mass is 35.5. The molecule has 0 aliphatic rings. The minimum absolute atomic E-state index is 0.230. The number of amides is 2. The van der Waals surface area contributed by atoms with Crippen LogP contribution in [-0.4, -0.2) is 18.4 Å². The second kappa shape index (κ2) is 6.27. The number of hydrogen-bond donors (Lipinski definition) is 2. The van der Waals surface area contributed by atoms with Gasteiger partial charge in [0, 0.05) is 12.2 Å². The molecule has 0 saturated carbocycles. The first kappa shape index (κ1) is 13.5. The number of anilines is 1. The quantitative estimate of drug-likeness (QED) is 0.655. The van der Waals surface area contributed by atoms with Crippen LogP contribution in [0.3, 0.4) is 0 Å². The van der Waals surface area contributed by atoms with Crippen molar-refractivity contribution in [3.8, 4) is 0 Å². The standard InChI is InChI=1S/C11H10Cl2N2O2/c1-2-5-14-10(16)11(17)15-7-3-4-8(12)9(13)6-7/h2-4,6H,1,5H2,(H,14,16)(H,15,17). The Kier molecular flexibility index (Phi) is 5.00. The van der Waals surface area contributed by atoms with Gasteiger partial charge in [0.2, 0.25) is 0 Å². The van der Waals surface area contributed by atoms with Gasteiger partial charge in [-0.3, -0.25) is 9.59 Å². The van der Waals surface area contributed by atoms with E-state index in [1.54, 1.807) is 6.07 Å². The molecule has 0 aromatic heterocycles. The van der Waals surface area contributed by atoms with Crippen LogP contribution in [0.4, 0.5) is 5.69 Å². The van der Waals surface area contributed by atoms with Gasteiger partial charge in [0.05, 0.1) is 10.0 Å². The number of nitrogens with one attached hydrogen (secondary N) is 2. The Balaban J connectivity index is 2.64. The van der Waals surface area contributed by atoms with E-state index < -0.39 is 11.8 Å². The zero-order chi connectivity index (χ0) is 12.8. The van der Waals surface area contributed by atoms with Crippen LogP contribution in [0, 0.1) is 0 Å². The van der Waals surface area contributed by atoms with Crippen molar-refractivity contribution in [3.63, 3.8) is 0 Å². The molecule has 4 nitrogen and oxygen atoms in total. The van der Waals surface area contributed by atoms with Crippen molar-refractivity contribution in [1.29, 1.82) is 0 Å². The molecule has 1 aromatic carbocycles. The molecule has 0 aliphatic heterocycles. The summed E-state index contributed by atoms with van der Waals surface area (Å²) in [6.07, 6.45) is 1.48. The van der Waals surface area contributed by atoms with Crippen molar-refractivity contribution in [2.45, 2.75) is 0 Å². The number of carbonyl (C=O) groups excluding carboxylic acids is 2. The SMILES string of the molecule is C=CCNC(=O)C(=O)Nc1ccc(Cl)c(Cl)c1. The smallest absolute Gasteiger partial charge is 0.313 e. The zero-order valence-electron chi connectivity index (χ0n) is 8.80. The van der Waals surface area contributed by atoms with Crippen molar-refractivity contribution < 1.29 is 9.59 Å². The maximum atomic E-state index is 11.4. The lowest BCUT2D eigenvalue weighted by atomic mass is 10.3. The lowest BCUT2D eigenvalue weighted by Gasteiger charge is -2.05. The zero-order valence-corrected chi connectivity index (χ0v) is 10.3. The third-order valence-electron chi connectivity index (χ3n) is 1.79. The maximum absolute atomic E-state index is 11.4. The summed E-state index contributed by atoms with van der Waals surface area (Å²) in [7, 11) is 0. The van der Waals surface area contributed by atoms with Crippen LogP contribution in [0.5, 0.6) is 0 Å². The molecule has 2 N–H and O–H groups in total. The summed E-state index contributed by atoms with van der Waals surface area (Å²) in [6.45, 7) is 3.65. The summed E-state index contributed by atoms with van der Waals surface area (Å²) in [5, 5.41) is 5.42. The second-order valence-corrected chi connectivity index (χ2v) is 3.90. The molecule has 0 unspecified atom stereocenters. The van der Waals surface area contributed by atoms with Gasteiger partial charge in [-0.2, -0.15) is 0 Å². The molecule has 0 aliphatic carbocycles. The fourth-order valence-electron chi connectivity index (χ4n) is 1.01.